The number of carbonyl (C=O) groups is 1. The molecule has 1 fully saturated rings. The number of piperidine rings is 1. The summed E-state index contributed by atoms with van der Waals surface area (Å²) in [7, 11) is 5.61. The predicted octanol–water partition coefficient (Wildman–Crippen LogP) is 3.26. The normalized spacial score (nSPS) is 16.9. The van der Waals surface area contributed by atoms with Crippen molar-refractivity contribution in [2.45, 2.75) is 26.4 Å². The number of ether oxygens (including phenoxy) is 1. The van der Waals surface area contributed by atoms with Gasteiger partial charge >= 0.3 is 0 Å². The maximum atomic E-state index is 13.3. The molecule has 0 aliphatic carbocycles. The predicted molar refractivity (Wildman–Crippen MR) is 125 cm³/mol. The second-order valence-corrected chi connectivity index (χ2v) is 9.43. The van der Waals surface area contributed by atoms with E-state index in [4.69, 9.17) is 9.72 Å². The summed E-state index contributed by atoms with van der Waals surface area (Å²) in [6, 6.07) is 4.04. The first kappa shape index (κ1) is 22.6. The quantitative estimate of drug-likeness (QED) is 0.545. The summed E-state index contributed by atoms with van der Waals surface area (Å²) in [4.78, 5) is 27.8. The van der Waals surface area contributed by atoms with Gasteiger partial charge in [-0.2, -0.15) is 9.78 Å². The van der Waals surface area contributed by atoms with Gasteiger partial charge in [0.05, 0.1) is 34.6 Å². The van der Waals surface area contributed by atoms with Gasteiger partial charge in [-0.1, -0.05) is 6.07 Å². The second kappa shape index (κ2) is 9.89. The van der Waals surface area contributed by atoms with Crippen LogP contribution in [0.25, 0.3) is 16.5 Å². The number of likely N-dealkylation sites (tertiary alicyclic amines) is 1. The van der Waals surface area contributed by atoms with Crippen LogP contribution >= 0.6 is 11.3 Å². The summed E-state index contributed by atoms with van der Waals surface area (Å²) in [5.41, 5.74) is 3.05. The lowest BCUT2D eigenvalue weighted by Crippen LogP contribution is -2.40. The number of hydrogen-bond donors (Lipinski definition) is 0. The number of amides is 1. The Morgan fingerprint density at radius 2 is 2.22 bits per heavy atom. The average Bonchev–Trinajstić information content (AvgIpc) is 3.44. The molecule has 3 aromatic heterocycles. The monoisotopic (exact) mass is 454 g/mol. The molecule has 9 heteroatoms. The SMILES string of the molecule is COCc1c(C(=O)N(C)CC2CCCN(C)C2)cnn1-c1ncc(C)c(-c2cccs2)n1. The lowest BCUT2D eigenvalue weighted by molar-refractivity contribution is 0.0736. The molecule has 0 aromatic carbocycles. The Morgan fingerprint density at radius 1 is 1.38 bits per heavy atom. The zero-order valence-electron chi connectivity index (χ0n) is 19.1. The van der Waals surface area contributed by atoms with Crippen LogP contribution in [0.5, 0.6) is 0 Å². The van der Waals surface area contributed by atoms with Crippen LogP contribution in [-0.2, 0) is 11.3 Å². The third-order valence-corrected chi connectivity index (χ3v) is 6.76. The molecule has 8 nitrogen and oxygen atoms in total. The van der Waals surface area contributed by atoms with Crippen molar-refractivity contribution in [1.82, 2.24) is 29.5 Å². The van der Waals surface area contributed by atoms with E-state index in [1.807, 2.05) is 31.5 Å². The molecule has 0 spiro atoms. The smallest absolute Gasteiger partial charge is 0.257 e. The van der Waals surface area contributed by atoms with Crippen molar-refractivity contribution in [2.24, 2.45) is 5.92 Å². The Morgan fingerprint density at radius 3 is 2.94 bits per heavy atom. The Hall–Kier alpha value is -2.62. The molecule has 32 heavy (non-hydrogen) atoms. The molecule has 0 N–H and O–H groups in total. The lowest BCUT2D eigenvalue weighted by atomic mass is 9.98. The highest BCUT2D eigenvalue weighted by atomic mass is 32.1. The van der Waals surface area contributed by atoms with Gasteiger partial charge in [0, 0.05) is 33.4 Å². The van der Waals surface area contributed by atoms with Crippen molar-refractivity contribution in [3.8, 4) is 16.5 Å². The highest BCUT2D eigenvalue weighted by molar-refractivity contribution is 7.13. The van der Waals surface area contributed by atoms with E-state index in [0.29, 0.717) is 23.1 Å². The number of hydrogen-bond acceptors (Lipinski definition) is 7. The third-order valence-electron chi connectivity index (χ3n) is 5.88. The number of methoxy groups -OCH3 is 1. The van der Waals surface area contributed by atoms with E-state index in [1.165, 1.54) is 6.42 Å². The standard InChI is InChI=1S/C23H30N6O2S/c1-16-11-24-23(26-21(16)20-8-6-10-32-20)29-19(15-31-4)18(12-25-29)22(30)28(3)14-17-7-5-9-27(2)13-17/h6,8,10-12,17H,5,7,9,13-15H2,1-4H3. The van der Waals surface area contributed by atoms with E-state index in [0.717, 1.165) is 42.2 Å². The van der Waals surface area contributed by atoms with Crippen LogP contribution in [0.4, 0.5) is 0 Å². The molecule has 0 bridgehead atoms. The topological polar surface area (TPSA) is 76.4 Å². The number of thiophene rings is 1. The molecular weight excluding hydrogens is 424 g/mol. The molecule has 4 heterocycles. The van der Waals surface area contributed by atoms with Gasteiger partial charge in [0.2, 0.25) is 0 Å². The molecule has 1 amide bonds. The number of aryl methyl sites for hydroxylation is 1. The fraction of sp³-hybridized carbons (Fsp3) is 0.478. The van der Waals surface area contributed by atoms with E-state index in [-0.39, 0.29) is 12.5 Å². The summed E-state index contributed by atoms with van der Waals surface area (Å²) >= 11 is 1.63. The number of carbonyl (C=O) groups excluding carboxylic acids is 1. The highest BCUT2D eigenvalue weighted by Gasteiger charge is 2.26. The Kier molecular flexibility index (Phi) is 6.98. The molecule has 4 rings (SSSR count). The first-order valence-corrected chi connectivity index (χ1v) is 11.7. The molecule has 1 unspecified atom stereocenters. The van der Waals surface area contributed by atoms with Crippen LogP contribution in [0.15, 0.2) is 29.9 Å². The van der Waals surface area contributed by atoms with Crippen LogP contribution in [-0.4, -0.2) is 76.3 Å². The van der Waals surface area contributed by atoms with Crippen molar-refractivity contribution in [1.29, 1.82) is 0 Å². The molecule has 1 aliphatic rings. The van der Waals surface area contributed by atoms with Crippen molar-refractivity contribution < 1.29 is 9.53 Å². The molecule has 3 aromatic rings. The number of nitrogens with zero attached hydrogens (tertiary/aromatic N) is 6. The zero-order valence-corrected chi connectivity index (χ0v) is 19.9. The van der Waals surface area contributed by atoms with Gasteiger partial charge in [-0.25, -0.2) is 9.97 Å². The van der Waals surface area contributed by atoms with Crippen LogP contribution in [0.2, 0.25) is 0 Å². The van der Waals surface area contributed by atoms with Gasteiger partial charge < -0.3 is 14.5 Å². The van der Waals surface area contributed by atoms with Gasteiger partial charge in [0.25, 0.3) is 11.9 Å². The first-order valence-electron chi connectivity index (χ1n) is 10.9. The second-order valence-electron chi connectivity index (χ2n) is 8.48. The van der Waals surface area contributed by atoms with E-state index in [2.05, 4.69) is 22.0 Å². The average molecular weight is 455 g/mol. The van der Waals surface area contributed by atoms with E-state index in [1.54, 1.807) is 40.4 Å². The molecular formula is C23H30N6O2S. The van der Waals surface area contributed by atoms with Gasteiger partial charge in [-0.05, 0) is 56.3 Å². The fourth-order valence-corrected chi connectivity index (χ4v) is 5.08. The van der Waals surface area contributed by atoms with E-state index >= 15 is 0 Å². The van der Waals surface area contributed by atoms with Gasteiger partial charge in [0.1, 0.15) is 0 Å². The van der Waals surface area contributed by atoms with Crippen molar-refractivity contribution in [3.63, 3.8) is 0 Å². The molecule has 0 radical (unpaired) electrons. The fourth-order valence-electron chi connectivity index (χ4n) is 4.30. The summed E-state index contributed by atoms with van der Waals surface area (Å²) in [5.74, 6) is 0.862. The summed E-state index contributed by atoms with van der Waals surface area (Å²) in [6.45, 7) is 5.11. The van der Waals surface area contributed by atoms with Gasteiger partial charge in [-0.15, -0.1) is 11.3 Å². The van der Waals surface area contributed by atoms with Gasteiger partial charge in [-0.3, -0.25) is 4.79 Å². The van der Waals surface area contributed by atoms with Crippen LogP contribution in [0, 0.1) is 12.8 Å². The molecule has 1 saturated heterocycles. The van der Waals surface area contributed by atoms with Crippen LogP contribution in [0.1, 0.15) is 34.5 Å². The summed E-state index contributed by atoms with van der Waals surface area (Å²) in [6.07, 6.45) is 5.72. The van der Waals surface area contributed by atoms with Crippen LogP contribution < -0.4 is 0 Å². The number of aromatic nitrogens is 4. The van der Waals surface area contributed by atoms with Crippen LogP contribution in [0.3, 0.4) is 0 Å². The molecule has 0 saturated carbocycles. The summed E-state index contributed by atoms with van der Waals surface area (Å²) in [5, 5.41) is 6.50. The Bertz CT molecular complexity index is 1060. The minimum atomic E-state index is -0.0536. The van der Waals surface area contributed by atoms with Gasteiger partial charge in [0.15, 0.2) is 0 Å². The van der Waals surface area contributed by atoms with Crippen molar-refractivity contribution >= 4 is 17.2 Å². The molecule has 1 aliphatic heterocycles. The van der Waals surface area contributed by atoms with E-state index in [9.17, 15) is 4.79 Å². The highest BCUT2D eigenvalue weighted by Crippen LogP contribution is 2.27. The van der Waals surface area contributed by atoms with E-state index < -0.39 is 0 Å². The first-order chi connectivity index (χ1) is 15.5. The summed E-state index contributed by atoms with van der Waals surface area (Å²) < 4.78 is 7.04. The number of rotatable bonds is 7. The van der Waals surface area contributed by atoms with Crippen molar-refractivity contribution in [3.05, 3.63) is 46.7 Å². The molecule has 1 atom stereocenters. The maximum absolute atomic E-state index is 13.3. The lowest BCUT2D eigenvalue weighted by Gasteiger charge is -2.32. The Labute approximate surface area is 192 Å². The minimum Gasteiger partial charge on any atom is -0.378 e. The zero-order chi connectivity index (χ0) is 22.7. The van der Waals surface area contributed by atoms with Crippen molar-refractivity contribution in [2.75, 3.05) is 40.8 Å². The maximum Gasteiger partial charge on any atom is 0.257 e. The minimum absolute atomic E-state index is 0.0536. The Balaban J connectivity index is 1.61. The molecule has 170 valence electrons. The largest absolute Gasteiger partial charge is 0.378 e. The third kappa shape index (κ3) is 4.74.